The minimum absolute atomic E-state index is 0.0290. The van der Waals surface area contributed by atoms with Crippen LogP contribution in [0.5, 0.6) is 5.75 Å². The molecule has 3 rings (SSSR count). The highest BCUT2D eigenvalue weighted by molar-refractivity contribution is 6.29. The second-order valence-corrected chi connectivity index (χ2v) is 9.88. The fraction of sp³-hybridized carbons (Fsp3) is 0.233. The number of carbonyl (C=O) groups is 2. The summed E-state index contributed by atoms with van der Waals surface area (Å²) in [7, 11) is 5.67. The molecule has 0 saturated heterocycles. The van der Waals surface area contributed by atoms with Crippen LogP contribution in [0.15, 0.2) is 71.9 Å². The molecule has 0 aliphatic heterocycles. The number of nitrogens with zero attached hydrogens (tertiary/aromatic N) is 3. The van der Waals surface area contributed by atoms with Crippen molar-refractivity contribution < 1.29 is 36.3 Å². The number of carbonyl (C=O) groups excluding carboxylic acids is 2. The van der Waals surface area contributed by atoms with Gasteiger partial charge < -0.3 is 25.6 Å². The number of hydrogen-bond donors (Lipinski definition) is 3. The SMILES string of the molecule is COc1cccc(N(C=O)C(=O)/C(C(=N)N(C)Cc2c(F)cccc2C(F)(F)F)=C(\CN(C)C)Nc2ccc(N)cc2)c1F. The number of nitrogens with one attached hydrogen (secondary N) is 2. The van der Waals surface area contributed by atoms with Crippen molar-refractivity contribution in [1.29, 1.82) is 5.41 Å². The minimum Gasteiger partial charge on any atom is -0.494 e. The maximum atomic E-state index is 15.2. The third kappa shape index (κ3) is 7.69. The first-order valence-electron chi connectivity index (χ1n) is 13.0. The molecule has 0 aromatic heterocycles. The zero-order valence-corrected chi connectivity index (χ0v) is 24.3. The van der Waals surface area contributed by atoms with E-state index >= 15 is 4.39 Å². The molecule has 234 valence electrons. The van der Waals surface area contributed by atoms with Crippen molar-refractivity contribution in [3.8, 4) is 5.75 Å². The number of imide groups is 1. The number of rotatable bonds is 11. The lowest BCUT2D eigenvalue weighted by Crippen LogP contribution is -2.41. The Morgan fingerprint density at radius 1 is 1.02 bits per heavy atom. The fourth-order valence-corrected chi connectivity index (χ4v) is 4.28. The van der Waals surface area contributed by atoms with Crippen molar-refractivity contribution in [1.82, 2.24) is 9.80 Å². The highest BCUT2D eigenvalue weighted by Gasteiger charge is 2.36. The number of benzene rings is 3. The van der Waals surface area contributed by atoms with Gasteiger partial charge in [-0.25, -0.2) is 13.7 Å². The zero-order valence-electron chi connectivity index (χ0n) is 24.3. The van der Waals surface area contributed by atoms with Crippen LogP contribution in [0.1, 0.15) is 11.1 Å². The standard InChI is InChI=1S/C30H31F5N6O3/c1-39(2)16-23(38-19-13-11-18(36)12-14-19)26(29(43)41(17-42)24-9-6-10-25(44-4)27(24)32)28(37)40(3)15-20-21(30(33,34)35)7-5-8-22(20)31/h5-14,17,37-38H,15-16,36H2,1-4H3/b26-23+,37-28?. The number of anilines is 3. The topological polar surface area (TPSA) is 115 Å². The molecule has 9 nitrogen and oxygen atoms in total. The maximum absolute atomic E-state index is 15.2. The molecule has 0 unspecified atom stereocenters. The normalized spacial score (nSPS) is 12.0. The van der Waals surface area contributed by atoms with Crippen molar-refractivity contribution in [2.45, 2.75) is 12.7 Å². The predicted octanol–water partition coefficient (Wildman–Crippen LogP) is 5.10. The lowest BCUT2D eigenvalue weighted by molar-refractivity contribution is -0.138. The summed E-state index contributed by atoms with van der Waals surface area (Å²) in [5.41, 5.74) is 3.64. The molecule has 0 spiro atoms. The Labute approximate surface area is 250 Å². The second-order valence-electron chi connectivity index (χ2n) is 9.88. The monoisotopic (exact) mass is 618 g/mol. The van der Waals surface area contributed by atoms with Gasteiger partial charge in [-0.1, -0.05) is 12.1 Å². The summed E-state index contributed by atoms with van der Waals surface area (Å²) in [4.78, 5) is 29.4. The van der Waals surface area contributed by atoms with E-state index in [1.54, 1.807) is 43.3 Å². The molecule has 0 heterocycles. The predicted molar refractivity (Wildman–Crippen MR) is 157 cm³/mol. The molecule has 0 radical (unpaired) electrons. The first-order chi connectivity index (χ1) is 20.7. The van der Waals surface area contributed by atoms with Gasteiger partial charge >= 0.3 is 6.18 Å². The van der Waals surface area contributed by atoms with Crippen LogP contribution in [0.2, 0.25) is 0 Å². The van der Waals surface area contributed by atoms with Crippen molar-refractivity contribution in [3.05, 3.63) is 94.7 Å². The van der Waals surface area contributed by atoms with Crippen LogP contribution >= 0.6 is 0 Å². The average Bonchev–Trinajstić information content (AvgIpc) is 2.95. The lowest BCUT2D eigenvalue weighted by Gasteiger charge is -2.28. The van der Waals surface area contributed by atoms with E-state index in [0.29, 0.717) is 22.3 Å². The van der Waals surface area contributed by atoms with Crippen LogP contribution in [0.4, 0.5) is 39.0 Å². The molecule has 0 saturated carbocycles. The third-order valence-corrected chi connectivity index (χ3v) is 6.38. The first-order valence-corrected chi connectivity index (χ1v) is 13.0. The molecule has 4 N–H and O–H groups in total. The Kier molecular flexibility index (Phi) is 10.7. The molecule has 3 aromatic rings. The summed E-state index contributed by atoms with van der Waals surface area (Å²) in [6.07, 6.45) is -4.86. The molecule has 44 heavy (non-hydrogen) atoms. The van der Waals surface area contributed by atoms with Crippen molar-refractivity contribution >= 4 is 35.2 Å². The highest BCUT2D eigenvalue weighted by Crippen LogP contribution is 2.34. The molecular weight excluding hydrogens is 587 g/mol. The zero-order chi connectivity index (χ0) is 32.8. The summed E-state index contributed by atoms with van der Waals surface area (Å²) in [6.45, 7) is -0.828. The van der Waals surface area contributed by atoms with Gasteiger partial charge in [-0.05, 0) is 62.6 Å². The minimum atomic E-state index is -4.90. The molecule has 0 atom stereocenters. The van der Waals surface area contributed by atoms with Crippen LogP contribution in [0, 0.1) is 17.0 Å². The Hall–Kier alpha value is -4.98. The van der Waals surface area contributed by atoms with Gasteiger partial charge in [0.25, 0.3) is 5.91 Å². The third-order valence-electron chi connectivity index (χ3n) is 6.38. The lowest BCUT2D eigenvalue weighted by atomic mass is 10.0. The van der Waals surface area contributed by atoms with E-state index in [1.807, 2.05) is 0 Å². The van der Waals surface area contributed by atoms with Gasteiger partial charge in [-0.3, -0.25) is 15.0 Å². The molecule has 0 bridgehead atoms. The molecular formula is C30H31F5N6O3. The highest BCUT2D eigenvalue weighted by atomic mass is 19.4. The van der Waals surface area contributed by atoms with Crippen molar-refractivity contribution in [2.75, 3.05) is 50.7 Å². The Morgan fingerprint density at radius 2 is 1.66 bits per heavy atom. The maximum Gasteiger partial charge on any atom is 0.416 e. The number of amidine groups is 1. The molecule has 2 amide bonds. The van der Waals surface area contributed by atoms with Gasteiger partial charge in [-0.15, -0.1) is 0 Å². The average molecular weight is 619 g/mol. The van der Waals surface area contributed by atoms with Gasteiger partial charge in [0.05, 0.1) is 18.4 Å². The molecule has 0 aliphatic carbocycles. The van der Waals surface area contributed by atoms with Gasteiger partial charge in [-0.2, -0.15) is 13.2 Å². The largest absolute Gasteiger partial charge is 0.494 e. The number of ether oxygens (including phenoxy) is 1. The number of alkyl halides is 3. The Balaban J connectivity index is 2.22. The number of methoxy groups -OCH3 is 1. The van der Waals surface area contributed by atoms with Crippen LogP contribution in [0.3, 0.4) is 0 Å². The summed E-state index contributed by atoms with van der Waals surface area (Å²) in [6, 6.07) is 12.5. The van der Waals surface area contributed by atoms with Gasteiger partial charge in [0.15, 0.2) is 11.6 Å². The van der Waals surface area contributed by atoms with E-state index in [0.717, 1.165) is 23.1 Å². The fourth-order valence-electron chi connectivity index (χ4n) is 4.28. The Bertz CT molecular complexity index is 1560. The first kappa shape index (κ1) is 33.5. The number of likely N-dealkylation sites (N-methyl/N-ethyl adjacent to an activating group) is 2. The van der Waals surface area contributed by atoms with Crippen LogP contribution < -0.4 is 20.7 Å². The number of halogens is 5. The number of nitrogen functional groups attached to an aromatic ring is 1. The smallest absolute Gasteiger partial charge is 0.416 e. The van der Waals surface area contributed by atoms with E-state index in [9.17, 15) is 27.2 Å². The molecule has 3 aromatic carbocycles. The van der Waals surface area contributed by atoms with E-state index in [-0.39, 0.29) is 24.4 Å². The van der Waals surface area contributed by atoms with Crippen LogP contribution in [-0.2, 0) is 22.3 Å². The van der Waals surface area contributed by atoms with Crippen molar-refractivity contribution in [3.63, 3.8) is 0 Å². The summed E-state index contributed by atoms with van der Waals surface area (Å²) >= 11 is 0. The molecule has 14 heteroatoms. The number of amides is 2. The van der Waals surface area contributed by atoms with E-state index in [4.69, 9.17) is 15.9 Å². The van der Waals surface area contributed by atoms with Crippen molar-refractivity contribution in [2.24, 2.45) is 0 Å². The molecule has 0 aliphatic rings. The van der Waals surface area contributed by atoms with E-state index in [1.165, 1.54) is 26.3 Å². The second kappa shape index (κ2) is 14.0. The van der Waals surface area contributed by atoms with Gasteiger partial charge in [0.2, 0.25) is 6.41 Å². The molecule has 0 fully saturated rings. The van der Waals surface area contributed by atoms with Gasteiger partial charge in [0, 0.05) is 42.8 Å². The number of hydrogen-bond acceptors (Lipinski definition) is 7. The summed E-state index contributed by atoms with van der Waals surface area (Å²) in [5, 5.41) is 12.0. The Morgan fingerprint density at radius 3 is 2.23 bits per heavy atom. The van der Waals surface area contributed by atoms with E-state index < -0.39 is 58.5 Å². The quantitative estimate of drug-likeness (QED) is 0.0684. The summed E-state index contributed by atoms with van der Waals surface area (Å²) in [5.74, 6) is -4.35. The van der Waals surface area contributed by atoms with Crippen LogP contribution in [0.25, 0.3) is 0 Å². The van der Waals surface area contributed by atoms with E-state index in [2.05, 4.69) is 5.32 Å². The summed E-state index contributed by atoms with van der Waals surface area (Å²) < 4.78 is 76.1. The number of nitrogens with two attached hydrogens (primary N) is 1. The van der Waals surface area contributed by atoms with Gasteiger partial charge in [0.1, 0.15) is 17.2 Å². The van der Waals surface area contributed by atoms with Crippen LogP contribution in [-0.4, -0.2) is 62.8 Å².